The molecule has 0 amide bonds. The number of halogens is 2. The van der Waals surface area contributed by atoms with Crippen molar-refractivity contribution >= 4 is 33.0 Å². The van der Waals surface area contributed by atoms with E-state index in [0.717, 1.165) is 16.0 Å². The number of hydrogen-bond donors (Lipinski definition) is 1. The average molecular weight is 217 g/mol. The first kappa shape index (κ1) is 8.78. The predicted octanol–water partition coefficient (Wildman–Crippen LogP) is 3.48. The smallest absolute Gasteiger partial charge is 0.177 e. The van der Waals surface area contributed by atoms with Crippen molar-refractivity contribution in [1.29, 1.82) is 0 Å². The van der Waals surface area contributed by atoms with Gasteiger partial charge in [0.2, 0.25) is 0 Å². The zero-order valence-electron chi connectivity index (χ0n) is 6.55. The maximum atomic E-state index is 12.9. The van der Waals surface area contributed by atoms with Crippen molar-refractivity contribution in [2.45, 2.75) is 5.88 Å². The number of hydrogen-bond acceptors (Lipinski definition) is 2. The van der Waals surface area contributed by atoms with Crippen molar-refractivity contribution in [3.8, 4) is 5.75 Å². The summed E-state index contributed by atoms with van der Waals surface area (Å²) in [6, 6.07) is 4.63. The zero-order valence-corrected chi connectivity index (χ0v) is 8.12. The third kappa shape index (κ3) is 1.38. The zero-order chi connectivity index (χ0) is 9.42. The number of rotatable bonds is 1. The lowest BCUT2D eigenvalue weighted by Crippen LogP contribution is -1.79. The summed E-state index contributed by atoms with van der Waals surface area (Å²) in [5, 5.41) is 9.86. The number of alkyl halides is 1. The second-order valence-electron chi connectivity index (χ2n) is 2.66. The van der Waals surface area contributed by atoms with Crippen LogP contribution in [-0.4, -0.2) is 5.11 Å². The highest BCUT2D eigenvalue weighted by atomic mass is 35.5. The summed E-state index contributed by atoms with van der Waals surface area (Å²) in [5.41, 5.74) is 0.597. The van der Waals surface area contributed by atoms with E-state index in [4.69, 9.17) is 11.6 Å². The summed E-state index contributed by atoms with van der Waals surface area (Å²) in [7, 11) is 0. The minimum atomic E-state index is -0.257. The van der Waals surface area contributed by atoms with Gasteiger partial charge in [-0.15, -0.1) is 22.9 Å². The summed E-state index contributed by atoms with van der Waals surface area (Å²) in [5.74, 6) is 0.319. The van der Waals surface area contributed by atoms with E-state index in [0.29, 0.717) is 10.9 Å². The Morgan fingerprint density at radius 2 is 2.23 bits per heavy atom. The van der Waals surface area contributed by atoms with E-state index in [1.54, 1.807) is 6.07 Å². The molecule has 1 nitrogen and oxygen atoms in total. The molecule has 68 valence electrons. The number of phenolic OH excluding ortho intramolecular Hbond substituents is 1. The lowest BCUT2D eigenvalue weighted by Gasteiger charge is -2.00. The predicted molar refractivity (Wildman–Crippen MR) is 53.0 cm³/mol. The van der Waals surface area contributed by atoms with E-state index < -0.39 is 0 Å². The molecule has 0 unspecified atom stereocenters. The lowest BCUT2D eigenvalue weighted by molar-refractivity contribution is 0.471. The van der Waals surface area contributed by atoms with Gasteiger partial charge in [0.1, 0.15) is 5.75 Å². The number of phenols is 1. The van der Waals surface area contributed by atoms with Crippen LogP contribution in [0.2, 0.25) is 0 Å². The van der Waals surface area contributed by atoms with Crippen LogP contribution in [0.3, 0.4) is 0 Å². The molecule has 0 saturated heterocycles. The van der Waals surface area contributed by atoms with Gasteiger partial charge in [0.15, 0.2) is 5.13 Å². The van der Waals surface area contributed by atoms with Crippen molar-refractivity contribution < 1.29 is 9.50 Å². The van der Waals surface area contributed by atoms with Gasteiger partial charge >= 0.3 is 0 Å². The molecular weight excluding hydrogens is 211 g/mol. The number of benzene rings is 1. The molecular formula is C9H6ClFOS. The first-order valence-corrected chi connectivity index (χ1v) is 5.03. The minimum absolute atomic E-state index is 0.125. The van der Waals surface area contributed by atoms with E-state index in [1.807, 2.05) is 0 Å². The minimum Gasteiger partial charge on any atom is -0.508 e. The number of aromatic hydroxyl groups is 1. The largest absolute Gasteiger partial charge is 0.508 e. The summed E-state index contributed by atoms with van der Waals surface area (Å²) < 4.78 is 13.7. The van der Waals surface area contributed by atoms with Crippen molar-refractivity contribution in [1.82, 2.24) is 0 Å². The van der Waals surface area contributed by atoms with Crippen molar-refractivity contribution in [2.24, 2.45) is 0 Å². The molecule has 0 saturated carbocycles. The highest BCUT2D eigenvalue weighted by Gasteiger charge is 2.09. The third-order valence-corrected chi connectivity index (χ3v) is 3.05. The summed E-state index contributed by atoms with van der Waals surface area (Å²) >= 11 is 6.70. The van der Waals surface area contributed by atoms with Crippen molar-refractivity contribution in [2.75, 3.05) is 0 Å². The molecule has 1 heterocycles. The van der Waals surface area contributed by atoms with Gasteiger partial charge in [-0.2, -0.15) is 4.39 Å². The van der Waals surface area contributed by atoms with Gasteiger partial charge in [-0.05, 0) is 18.2 Å². The van der Waals surface area contributed by atoms with Gasteiger partial charge in [-0.1, -0.05) is 0 Å². The fourth-order valence-corrected chi connectivity index (χ4v) is 2.36. The van der Waals surface area contributed by atoms with E-state index in [1.165, 1.54) is 12.1 Å². The Morgan fingerprint density at radius 3 is 2.92 bits per heavy atom. The molecule has 0 aliphatic rings. The molecule has 0 aliphatic heterocycles. The molecule has 0 radical (unpaired) electrons. The first-order valence-electron chi connectivity index (χ1n) is 3.68. The molecule has 0 fully saturated rings. The van der Waals surface area contributed by atoms with Crippen molar-refractivity contribution in [3.63, 3.8) is 0 Å². The average Bonchev–Trinajstić information content (AvgIpc) is 2.45. The van der Waals surface area contributed by atoms with E-state index >= 15 is 0 Å². The third-order valence-electron chi connectivity index (χ3n) is 1.89. The van der Waals surface area contributed by atoms with Crippen LogP contribution in [0, 0.1) is 5.13 Å². The summed E-state index contributed by atoms with van der Waals surface area (Å²) in [6.45, 7) is 0. The molecule has 0 aliphatic carbocycles. The van der Waals surface area contributed by atoms with E-state index in [9.17, 15) is 9.50 Å². The molecule has 13 heavy (non-hydrogen) atoms. The van der Waals surface area contributed by atoms with Crippen LogP contribution >= 0.6 is 22.9 Å². The van der Waals surface area contributed by atoms with Crippen LogP contribution < -0.4 is 0 Å². The highest BCUT2D eigenvalue weighted by molar-refractivity contribution is 7.17. The van der Waals surface area contributed by atoms with Gasteiger partial charge < -0.3 is 5.11 Å². The number of fused-ring (bicyclic) bond motifs is 1. The van der Waals surface area contributed by atoms with Gasteiger partial charge in [0.05, 0.1) is 5.88 Å². The summed E-state index contributed by atoms with van der Waals surface area (Å²) in [6.07, 6.45) is 0. The van der Waals surface area contributed by atoms with Crippen LogP contribution in [0.15, 0.2) is 18.2 Å². The highest BCUT2D eigenvalue weighted by Crippen LogP contribution is 2.33. The summed E-state index contributed by atoms with van der Waals surface area (Å²) in [4.78, 5) is 0. The molecule has 0 atom stereocenters. The molecule has 0 spiro atoms. The Bertz CT molecular complexity index is 452. The second kappa shape index (κ2) is 3.16. The van der Waals surface area contributed by atoms with Crippen LogP contribution in [0.1, 0.15) is 5.56 Å². The van der Waals surface area contributed by atoms with Gasteiger partial charge in [0.25, 0.3) is 0 Å². The maximum absolute atomic E-state index is 12.9. The van der Waals surface area contributed by atoms with Crippen LogP contribution in [-0.2, 0) is 5.88 Å². The Hall–Kier alpha value is -0.800. The Labute approximate surface area is 83.4 Å². The number of thiophene rings is 1. The first-order chi connectivity index (χ1) is 6.22. The van der Waals surface area contributed by atoms with E-state index in [2.05, 4.69) is 0 Å². The lowest BCUT2D eigenvalue weighted by atomic mass is 10.1. The molecule has 2 rings (SSSR count). The van der Waals surface area contributed by atoms with Crippen LogP contribution in [0.4, 0.5) is 4.39 Å². The molecule has 4 heteroatoms. The van der Waals surface area contributed by atoms with Crippen LogP contribution in [0.5, 0.6) is 5.75 Å². The molecule has 1 aromatic carbocycles. The Balaban J connectivity index is 2.82. The molecule has 2 aromatic rings. The topological polar surface area (TPSA) is 20.2 Å². The monoisotopic (exact) mass is 216 g/mol. The Morgan fingerprint density at radius 1 is 1.46 bits per heavy atom. The SMILES string of the molecule is Oc1ccc2sc(F)cc2c1CCl. The normalized spacial score (nSPS) is 10.9. The maximum Gasteiger partial charge on any atom is 0.177 e. The molecule has 1 N–H and O–H groups in total. The Kier molecular flexibility index (Phi) is 2.14. The standard InChI is InChI=1S/C9H6ClFOS/c10-4-6-5-3-9(11)13-8(5)2-1-7(6)12/h1-3,12H,4H2. The quantitative estimate of drug-likeness (QED) is 0.724. The van der Waals surface area contributed by atoms with Crippen LogP contribution in [0.25, 0.3) is 10.1 Å². The van der Waals surface area contributed by atoms with Crippen molar-refractivity contribution in [3.05, 3.63) is 28.9 Å². The fraction of sp³-hybridized carbons (Fsp3) is 0.111. The van der Waals surface area contributed by atoms with E-state index in [-0.39, 0.29) is 16.8 Å². The molecule has 0 bridgehead atoms. The van der Waals surface area contributed by atoms with Gasteiger partial charge in [-0.25, -0.2) is 0 Å². The van der Waals surface area contributed by atoms with Gasteiger partial charge in [0, 0.05) is 15.6 Å². The van der Waals surface area contributed by atoms with Gasteiger partial charge in [-0.3, -0.25) is 0 Å². The molecule has 1 aromatic heterocycles. The fourth-order valence-electron chi connectivity index (χ4n) is 1.27. The second-order valence-corrected chi connectivity index (χ2v) is 3.96.